The quantitative estimate of drug-likeness (QED) is 0.554. The van der Waals surface area contributed by atoms with Crippen molar-refractivity contribution in [2.45, 2.75) is 0 Å². The highest BCUT2D eigenvalue weighted by molar-refractivity contribution is 9.10. The Labute approximate surface area is 136 Å². The third kappa shape index (κ3) is 1.93. The van der Waals surface area contributed by atoms with E-state index < -0.39 is 0 Å². The first-order chi connectivity index (χ1) is 10.6. The van der Waals surface area contributed by atoms with Crippen LogP contribution in [0.25, 0.3) is 26.1 Å². The molecule has 0 radical (unpaired) electrons. The van der Waals surface area contributed by atoms with Crippen LogP contribution in [0.3, 0.4) is 0 Å². The smallest absolute Gasteiger partial charge is 0.275 e. The van der Waals surface area contributed by atoms with Crippen molar-refractivity contribution in [3.05, 3.63) is 57.7 Å². The number of nitrogens with zero attached hydrogens (tertiary/aromatic N) is 3. The Morgan fingerprint density at radius 1 is 1.14 bits per heavy atom. The standard InChI is InChI=1S/C15H8BrN3O2S/c16-10-5-6-17-14-11(10)12-13(22-14)15(21)19(7-18-12)8-1-3-9(20)4-2-8/h1-7,20H. The van der Waals surface area contributed by atoms with E-state index in [0.717, 1.165) is 14.7 Å². The highest BCUT2D eigenvalue weighted by Crippen LogP contribution is 2.33. The number of halogens is 1. The van der Waals surface area contributed by atoms with Gasteiger partial charge in [-0.1, -0.05) is 0 Å². The lowest BCUT2D eigenvalue weighted by molar-refractivity contribution is 0.475. The lowest BCUT2D eigenvalue weighted by Gasteiger charge is -2.05. The molecule has 0 aliphatic rings. The zero-order chi connectivity index (χ0) is 15.3. The van der Waals surface area contributed by atoms with Gasteiger partial charge in [0, 0.05) is 10.7 Å². The molecular formula is C15H8BrN3O2S. The minimum absolute atomic E-state index is 0.148. The van der Waals surface area contributed by atoms with Gasteiger partial charge in [-0.3, -0.25) is 9.36 Å². The Morgan fingerprint density at radius 3 is 2.68 bits per heavy atom. The van der Waals surface area contributed by atoms with E-state index in [-0.39, 0.29) is 11.3 Å². The van der Waals surface area contributed by atoms with Crippen molar-refractivity contribution in [2.75, 3.05) is 0 Å². The number of pyridine rings is 1. The molecule has 0 saturated heterocycles. The molecule has 0 amide bonds. The van der Waals surface area contributed by atoms with Gasteiger partial charge in [0.25, 0.3) is 5.56 Å². The lowest BCUT2D eigenvalue weighted by Crippen LogP contribution is -2.17. The van der Waals surface area contributed by atoms with Crippen molar-refractivity contribution in [1.29, 1.82) is 0 Å². The predicted molar refractivity (Wildman–Crippen MR) is 89.9 cm³/mol. The molecule has 0 bridgehead atoms. The van der Waals surface area contributed by atoms with Crippen molar-refractivity contribution in [1.82, 2.24) is 14.5 Å². The minimum Gasteiger partial charge on any atom is -0.508 e. The molecule has 0 unspecified atom stereocenters. The van der Waals surface area contributed by atoms with Crippen molar-refractivity contribution in [3.63, 3.8) is 0 Å². The molecule has 4 aromatic rings. The Bertz CT molecular complexity index is 1070. The summed E-state index contributed by atoms with van der Waals surface area (Å²) in [6, 6.07) is 8.25. The fraction of sp³-hybridized carbons (Fsp3) is 0. The van der Waals surface area contributed by atoms with Crippen LogP contribution in [0, 0.1) is 0 Å². The molecule has 1 N–H and O–H groups in total. The van der Waals surface area contributed by atoms with Crippen LogP contribution in [0.1, 0.15) is 0 Å². The monoisotopic (exact) mass is 373 g/mol. The first kappa shape index (κ1) is 13.4. The van der Waals surface area contributed by atoms with Crippen molar-refractivity contribution >= 4 is 47.7 Å². The largest absolute Gasteiger partial charge is 0.508 e. The number of aromatic nitrogens is 3. The highest BCUT2D eigenvalue weighted by atomic mass is 79.9. The summed E-state index contributed by atoms with van der Waals surface area (Å²) >= 11 is 4.81. The SMILES string of the molecule is O=c1c2sc3nccc(Br)c3c2ncn1-c1ccc(O)cc1. The van der Waals surface area contributed by atoms with Gasteiger partial charge in [-0.25, -0.2) is 9.97 Å². The maximum Gasteiger partial charge on any atom is 0.275 e. The fourth-order valence-electron chi connectivity index (χ4n) is 2.31. The second kappa shape index (κ2) is 4.89. The number of fused-ring (bicyclic) bond motifs is 3. The number of phenols is 1. The average Bonchev–Trinajstić information content (AvgIpc) is 2.90. The molecule has 5 nitrogen and oxygen atoms in total. The van der Waals surface area contributed by atoms with Crippen molar-refractivity contribution in [2.24, 2.45) is 0 Å². The van der Waals surface area contributed by atoms with Gasteiger partial charge in [-0.2, -0.15) is 0 Å². The van der Waals surface area contributed by atoms with Gasteiger partial charge in [-0.15, -0.1) is 11.3 Å². The summed E-state index contributed by atoms with van der Waals surface area (Å²) in [5.74, 6) is 0.154. The lowest BCUT2D eigenvalue weighted by atomic mass is 10.3. The Kier molecular flexibility index (Phi) is 2.98. The molecule has 0 aliphatic carbocycles. The molecule has 3 aromatic heterocycles. The van der Waals surface area contributed by atoms with Crippen LogP contribution in [-0.2, 0) is 0 Å². The number of thiophene rings is 1. The zero-order valence-corrected chi connectivity index (χ0v) is 13.4. The molecule has 7 heteroatoms. The predicted octanol–water partition coefficient (Wildman–Crippen LogP) is 3.46. The van der Waals surface area contributed by atoms with E-state index in [0.29, 0.717) is 15.9 Å². The number of benzene rings is 1. The summed E-state index contributed by atoms with van der Waals surface area (Å²) in [4.78, 5) is 22.2. The summed E-state index contributed by atoms with van der Waals surface area (Å²) in [6.45, 7) is 0. The number of hydrogen-bond donors (Lipinski definition) is 1. The Hall–Kier alpha value is -2.25. The van der Waals surface area contributed by atoms with Crippen LogP contribution in [0.4, 0.5) is 0 Å². The summed E-state index contributed by atoms with van der Waals surface area (Å²) in [7, 11) is 0. The zero-order valence-electron chi connectivity index (χ0n) is 11.0. The molecule has 0 aliphatic heterocycles. The molecule has 0 saturated carbocycles. The Balaban J connectivity index is 2.06. The van der Waals surface area contributed by atoms with E-state index in [1.165, 1.54) is 34.4 Å². The average molecular weight is 374 g/mol. The molecule has 108 valence electrons. The van der Waals surface area contributed by atoms with Gasteiger partial charge in [-0.05, 0) is 46.3 Å². The fourth-order valence-corrected chi connectivity index (χ4v) is 3.99. The van der Waals surface area contributed by atoms with Gasteiger partial charge in [0.15, 0.2) is 0 Å². The van der Waals surface area contributed by atoms with Gasteiger partial charge in [0.2, 0.25) is 0 Å². The molecule has 0 atom stereocenters. The summed E-state index contributed by atoms with van der Waals surface area (Å²) in [6.07, 6.45) is 3.20. The maximum absolute atomic E-state index is 12.7. The molecule has 0 fully saturated rings. The first-order valence-corrected chi connectivity index (χ1v) is 8.00. The number of aromatic hydroxyl groups is 1. The Morgan fingerprint density at radius 2 is 1.91 bits per heavy atom. The molecule has 4 rings (SSSR count). The maximum atomic E-state index is 12.7. The van der Waals surface area contributed by atoms with Gasteiger partial charge in [0.05, 0.1) is 16.6 Å². The highest BCUT2D eigenvalue weighted by Gasteiger charge is 2.15. The van der Waals surface area contributed by atoms with E-state index >= 15 is 0 Å². The van der Waals surface area contributed by atoms with Crippen LogP contribution in [0.2, 0.25) is 0 Å². The molecule has 0 spiro atoms. The van der Waals surface area contributed by atoms with Crippen LogP contribution in [-0.4, -0.2) is 19.6 Å². The van der Waals surface area contributed by atoms with Crippen LogP contribution in [0.15, 0.2) is 52.1 Å². The van der Waals surface area contributed by atoms with Crippen LogP contribution >= 0.6 is 27.3 Å². The number of phenolic OH excluding ortho intramolecular Hbond substituents is 1. The number of rotatable bonds is 1. The van der Waals surface area contributed by atoms with Crippen molar-refractivity contribution < 1.29 is 5.11 Å². The third-order valence-electron chi connectivity index (χ3n) is 3.36. The molecular weight excluding hydrogens is 366 g/mol. The van der Waals surface area contributed by atoms with E-state index in [9.17, 15) is 9.90 Å². The van der Waals surface area contributed by atoms with Crippen LogP contribution < -0.4 is 5.56 Å². The van der Waals surface area contributed by atoms with E-state index in [1.807, 2.05) is 6.07 Å². The second-order valence-electron chi connectivity index (χ2n) is 4.69. The third-order valence-corrected chi connectivity index (χ3v) is 5.09. The van der Waals surface area contributed by atoms with Crippen molar-refractivity contribution in [3.8, 4) is 11.4 Å². The summed E-state index contributed by atoms with van der Waals surface area (Å²) in [5.41, 5.74) is 1.16. The van der Waals surface area contributed by atoms with E-state index in [1.54, 1.807) is 18.3 Å². The second-order valence-corrected chi connectivity index (χ2v) is 6.54. The van der Waals surface area contributed by atoms with Crippen LogP contribution in [0.5, 0.6) is 5.75 Å². The molecule has 3 heterocycles. The van der Waals surface area contributed by atoms with Gasteiger partial charge < -0.3 is 5.11 Å². The van der Waals surface area contributed by atoms with Gasteiger partial charge >= 0.3 is 0 Å². The van der Waals surface area contributed by atoms with Gasteiger partial charge in [0.1, 0.15) is 21.6 Å². The topological polar surface area (TPSA) is 68.0 Å². The van der Waals surface area contributed by atoms with E-state index in [4.69, 9.17) is 0 Å². The number of hydrogen-bond acceptors (Lipinski definition) is 5. The molecule has 22 heavy (non-hydrogen) atoms. The first-order valence-electron chi connectivity index (χ1n) is 6.39. The molecule has 1 aromatic carbocycles. The minimum atomic E-state index is -0.148. The van der Waals surface area contributed by atoms with E-state index in [2.05, 4.69) is 25.9 Å². The summed E-state index contributed by atoms with van der Waals surface area (Å²) in [5, 5.41) is 10.2. The normalized spacial score (nSPS) is 11.3. The summed E-state index contributed by atoms with van der Waals surface area (Å²) < 4.78 is 2.90.